The first-order valence-electron chi connectivity index (χ1n) is 9.66. The molecule has 2 aromatic carbocycles. The quantitative estimate of drug-likeness (QED) is 0.668. The molecule has 2 amide bonds. The van der Waals surface area contributed by atoms with Crippen molar-refractivity contribution in [2.45, 2.75) is 27.3 Å². The van der Waals surface area contributed by atoms with Crippen LogP contribution in [0.5, 0.6) is 0 Å². The Hall–Kier alpha value is -3.47. The highest BCUT2D eigenvalue weighted by Gasteiger charge is 2.13. The smallest absolute Gasteiger partial charge is 0.257 e. The van der Waals surface area contributed by atoms with Crippen molar-refractivity contribution in [2.75, 3.05) is 11.9 Å². The zero-order chi connectivity index (χ0) is 20.8. The molecule has 0 aliphatic heterocycles. The Labute approximate surface area is 171 Å². The van der Waals surface area contributed by atoms with Crippen molar-refractivity contribution in [3.63, 3.8) is 0 Å². The third-order valence-corrected chi connectivity index (χ3v) is 4.79. The first kappa shape index (κ1) is 20.3. The van der Waals surface area contributed by atoms with Gasteiger partial charge in [0.1, 0.15) is 0 Å². The summed E-state index contributed by atoms with van der Waals surface area (Å²) in [5.74, 6) is -0.173. The van der Waals surface area contributed by atoms with Gasteiger partial charge < -0.3 is 10.2 Å². The first-order valence-corrected chi connectivity index (χ1v) is 9.66. The largest absolute Gasteiger partial charge is 0.339 e. The van der Waals surface area contributed by atoms with Gasteiger partial charge in [0.05, 0.1) is 17.0 Å². The maximum atomic E-state index is 12.8. The molecule has 5 nitrogen and oxygen atoms in total. The molecule has 0 atom stereocenters. The molecule has 0 aliphatic rings. The van der Waals surface area contributed by atoms with Crippen LogP contribution in [0.1, 0.15) is 35.5 Å². The number of carbonyl (C=O) groups is 2. The lowest BCUT2D eigenvalue weighted by atomic mass is 10.1. The van der Waals surface area contributed by atoms with E-state index >= 15 is 0 Å². The van der Waals surface area contributed by atoms with Crippen LogP contribution in [0.4, 0.5) is 5.69 Å². The fraction of sp³-hybridized carbons (Fsp3) is 0.208. The molecule has 1 heterocycles. The summed E-state index contributed by atoms with van der Waals surface area (Å²) >= 11 is 0. The number of amides is 2. The second-order valence-corrected chi connectivity index (χ2v) is 6.88. The van der Waals surface area contributed by atoms with E-state index in [1.54, 1.807) is 17.9 Å². The number of pyridine rings is 1. The van der Waals surface area contributed by atoms with Gasteiger partial charge in [-0.2, -0.15) is 0 Å². The first-order chi connectivity index (χ1) is 14.0. The van der Waals surface area contributed by atoms with Crippen molar-refractivity contribution in [3.05, 3.63) is 83.6 Å². The number of carbonyl (C=O) groups excluding carboxylic acids is 2. The second kappa shape index (κ2) is 9.15. The number of aryl methyl sites for hydroxylation is 1. The summed E-state index contributed by atoms with van der Waals surface area (Å²) in [6.45, 7) is 6.50. The van der Waals surface area contributed by atoms with E-state index in [1.165, 1.54) is 0 Å². The van der Waals surface area contributed by atoms with E-state index in [-0.39, 0.29) is 11.8 Å². The van der Waals surface area contributed by atoms with E-state index in [0.29, 0.717) is 30.0 Å². The van der Waals surface area contributed by atoms with Gasteiger partial charge in [0.15, 0.2) is 0 Å². The number of nitrogens with zero attached hydrogens (tertiary/aromatic N) is 2. The zero-order valence-corrected chi connectivity index (χ0v) is 17.0. The molecule has 0 unspecified atom stereocenters. The molecular formula is C24H25N3O2. The summed E-state index contributed by atoms with van der Waals surface area (Å²) in [4.78, 5) is 30.7. The van der Waals surface area contributed by atoms with Crippen molar-refractivity contribution in [1.29, 1.82) is 0 Å². The number of anilines is 1. The molecular weight excluding hydrogens is 362 g/mol. The lowest BCUT2D eigenvalue weighted by Crippen LogP contribution is -2.27. The minimum absolute atomic E-state index is 0.0298. The topological polar surface area (TPSA) is 62.3 Å². The Morgan fingerprint density at radius 2 is 1.76 bits per heavy atom. The Morgan fingerprint density at radius 1 is 1.00 bits per heavy atom. The minimum Gasteiger partial charge on any atom is -0.339 e. The van der Waals surface area contributed by atoms with Gasteiger partial charge in [-0.15, -0.1) is 0 Å². The maximum absolute atomic E-state index is 12.8. The molecule has 5 heteroatoms. The van der Waals surface area contributed by atoms with Gasteiger partial charge in [0.2, 0.25) is 5.91 Å². The summed E-state index contributed by atoms with van der Waals surface area (Å²) in [5.41, 5.74) is 4.72. The van der Waals surface area contributed by atoms with Crippen molar-refractivity contribution >= 4 is 17.5 Å². The monoisotopic (exact) mass is 387 g/mol. The lowest BCUT2D eigenvalue weighted by Gasteiger charge is -2.19. The SMILES string of the molecule is CCN(Cc1cccc(NC(=O)c2ccc(-c3ccccc3)nc2C)c1)C(C)=O. The van der Waals surface area contributed by atoms with Crippen molar-refractivity contribution in [3.8, 4) is 11.3 Å². The van der Waals surface area contributed by atoms with Crippen LogP contribution in [-0.4, -0.2) is 28.2 Å². The Kier molecular flexibility index (Phi) is 6.39. The lowest BCUT2D eigenvalue weighted by molar-refractivity contribution is -0.129. The van der Waals surface area contributed by atoms with Crippen LogP contribution in [0.3, 0.4) is 0 Å². The second-order valence-electron chi connectivity index (χ2n) is 6.88. The average Bonchev–Trinajstić information content (AvgIpc) is 2.72. The van der Waals surface area contributed by atoms with Crippen LogP contribution in [0.15, 0.2) is 66.7 Å². The molecule has 0 spiro atoms. The van der Waals surface area contributed by atoms with Gasteiger partial charge in [-0.1, -0.05) is 42.5 Å². The minimum atomic E-state index is -0.203. The standard InChI is InChI=1S/C24H25N3O2/c1-4-27(18(3)28)16-19-9-8-12-21(15-19)26-24(29)22-13-14-23(25-17(22)2)20-10-6-5-7-11-20/h5-15H,4,16H2,1-3H3,(H,26,29). The molecule has 3 rings (SSSR count). The van der Waals surface area contributed by atoms with E-state index in [4.69, 9.17) is 0 Å². The van der Waals surface area contributed by atoms with Crippen molar-refractivity contribution < 1.29 is 9.59 Å². The molecule has 0 saturated heterocycles. The summed E-state index contributed by atoms with van der Waals surface area (Å²) < 4.78 is 0. The molecule has 0 aliphatic carbocycles. The van der Waals surface area contributed by atoms with Crippen LogP contribution in [0.25, 0.3) is 11.3 Å². The van der Waals surface area contributed by atoms with Crippen molar-refractivity contribution in [2.24, 2.45) is 0 Å². The predicted molar refractivity (Wildman–Crippen MR) is 116 cm³/mol. The molecule has 29 heavy (non-hydrogen) atoms. The molecule has 0 bridgehead atoms. The third kappa shape index (κ3) is 5.08. The van der Waals surface area contributed by atoms with E-state index in [9.17, 15) is 9.59 Å². The van der Waals surface area contributed by atoms with Gasteiger partial charge in [-0.3, -0.25) is 14.6 Å². The van der Waals surface area contributed by atoms with Crippen LogP contribution < -0.4 is 5.32 Å². The summed E-state index contributed by atoms with van der Waals surface area (Å²) in [6, 6.07) is 21.1. The predicted octanol–water partition coefficient (Wildman–Crippen LogP) is 4.68. The van der Waals surface area contributed by atoms with Crippen LogP contribution in [0.2, 0.25) is 0 Å². The highest BCUT2D eigenvalue weighted by molar-refractivity contribution is 6.05. The molecule has 0 fully saturated rings. The zero-order valence-electron chi connectivity index (χ0n) is 17.0. The van der Waals surface area contributed by atoms with Crippen LogP contribution in [0, 0.1) is 6.92 Å². The number of nitrogens with one attached hydrogen (secondary N) is 1. The highest BCUT2D eigenvalue weighted by Crippen LogP contribution is 2.20. The normalized spacial score (nSPS) is 10.4. The summed E-state index contributed by atoms with van der Waals surface area (Å²) in [5, 5.41) is 2.94. The maximum Gasteiger partial charge on any atom is 0.257 e. The molecule has 0 saturated carbocycles. The van der Waals surface area contributed by atoms with E-state index in [2.05, 4.69) is 10.3 Å². The van der Waals surface area contributed by atoms with Crippen LogP contribution in [-0.2, 0) is 11.3 Å². The molecule has 148 valence electrons. The van der Waals surface area contributed by atoms with Gasteiger partial charge >= 0.3 is 0 Å². The number of benzene rings is 2. The van der Waals surface area contributed by atoms with Gasteiger partial charge in [0, 0.05) is 31.3 Å². The number of aromatic nitrogens is 1. The Bertz CT molecular complexity index is 1020. The summed E-state index contributed by atoms with van der Waals surface area (Å²) in [6.07, 6.45) is 0. The van der Waals surface area contributed by atoms with Gasteiger partial charge in [-0.25, -0.2) is 0 Å². The van der Waals surface area contributed by atoms with E-state index in [0.717, 1.165) is 16.8 Å². The van der Waals surface area contributed by atoms with Gasteiger partial charge in [-0.05, 0) is 43.7 Å². The number of hydrogen-bond donors (Lipinski definition) is 1. The van der Waals surface area contributed by atoms with Gasteiger partial charge in [0.25, 0.3) is 5.91 Å². The number of hydrogen-bond acceptors (Lipinski definition) is 3. The molecule has 1 N–H and O–H groups in total. The molecule has 3 aromatic rings. The van der Waals surface area contributed by atoms with E-state index in [1.807, 2.05) is 74.5 Å². The summed E-state index contributed by atoms with van der Waals surface area (Å²) in [7, 11) is 0. The molecule has 0 radical (unpaired) electrons. The third-order valence-electron chi connectivity index (χ3n) is 4.79. The van der Waals surface area contributed by atoms with Crippen LogP contribution >= 0.6 is 0 Å². The Balaban J connectivity index is 1.75. The van der Waals surface area contributed by atoms with E-state index < -0.39 is 0 Å². The fourth-order valence-corrected chi connectivity index (χ4v) is 3.18. The Morgan fingerprint density at radius 3 is 2.41 bits per heavy atom. The molecule has 1 aromatic heterocycles. The highest BCUT2D eigenvalue weighted by atomic mass is 16.2. The fourth-order valence-electron chi connectivity index (χ4n) is 3.18. The van der Waals surface area contributed by atoms with Crippen molar-refractivity contribution in [1.82, 2.24) is 9.88 Å². The average molecular weight is 387 g/mol. The number of rotatable bonds is 6.